The Hall–Kier alpha value is -3.29. The van der Waals surface area contributed by atoms with Crippen LogP contribution in [-0.2, 0) is 4.74 Å². The van der Waals surface area contributed by atoms with E-state index in [1.807, 2.05) is 18.2 Å². The number of hydrogen-bond donors (Lipinski definition) is 1. The van der Waals surface area contributed by atoms with Gasteiger partial charge in [0.25, 0.3) is 0 Å². The molecule has 0 atom stereocenters. The van der Waals surface area contributed by atoms with Gasteiger partial charge in [0.1, 0.15) is 17.6 Å². The predicted octanol–water partition coefficient (Wildman–Crippen LogP) is 5.89. The number of carbonyl (C=O) groups excluding carboxylic acids is 2. The molecule has 1 heterocycles. The van der Waals surface area contributed by atoms with Crippen molar-refractivity contribution in [3.05, 3.63) is 54.3 Å². The van der Waals surface area contributed by atoms with Crippen LogP contribution < -0.4 is 14.8 Å². The van der Waals surface area contributed by atoms with E-state index in [9.17, 15) is 14.0 Å². The SMILES string of the molecule is CCCCCCNC(=O)OC1CCN(C(=O)Oc2ccc(Oc3ccccc3)cc2F)CC1. The lowest BCUT2D eigenvalue weighted by Crippen LogP contribution is -2.43. The first-order valence-corrected chi connectivity index (χ1v) is 11.5. The van der Waals surface area contributed by atoms with Crippen molar-refractivity contribution >= 4 is 12.2 Å². The Labute approximate surface area is 193 Å². The number of piperidine rings is 1. The summed E-state index contributed by atoms with van der Waals surface area (Å²) in [4.78, 5) is 25.8. The molecule has 1 saturated heterocycles. The van der Waals surface area contributed by atoms with Crippen LogP contribution >= 0.6 is 0 Å². The van der Waals surface area contributed by atoms with Gasteiger partial charge in [-0.3, -0.25) is 0 Å². The van der Waals surface area contributed by atoms with Gasteiger partial charge in [0.2, 0.25) is 0 Å². The summed E-state index contributed by atoms with van der Waals surface area (Å²) in [6.07, 6.45) is 4.01. The smallest absolute Gasteiger partial charge is 0.415 e. The number of rotatable bonds is 9. The molecule has 0 aliphatic carbocycles. The zero-order chi connectivity index (χ0) is 23.5. The Morgan fingerprint density at radius 2 is 1.79 bits per heavy atom. The van der Waals surface area contributed by atoms with Crippen molar-refractivity contribution < 1.29 is 28.2 Å². The summed E-state index contributed by atoms with van der Waals surface area (Å²) in [5, 5.41) is 2.76. The molecule has 0 radical (unpaired) electrons. The Morgan fingerprint density at radius 1 is 1.03 bits per heavy atom. The maximum Gasteiger partial charge on any atom is 0.415 e. The van der Waals surface area contributed by atoms with Crippen LogP contribution in [0, 0.1) is 5.82 Å². The second-order valence-electron chi connectivity index (χ2n) is 7.95. The van der Waals surface area contributed by atoms with Gasteiger partial charge in [-0.15, -0.1) is 0 Å². The molecule has 1 N–H and O–H groups in total. The molecule has 0 saturated carbocycles. The highest BCUT2D eigenvalue weighted by Gasteiger charge is 2.27. The van der Waals surface area contributed by atoms with E-state index in [-0.39, 0.29) is 11.9 Å². The molecule has 2 aromatic carbocycles. The molecule has 33 heavy (non-hydrogen) atoms. The number of hydrogen-bond acceptors (Lipinski definition) is 5. The van der Waals surface area contributed by atoms with Crippen molar-refractivity contribution in [1.82, 2.24) is 10.2 Å². The molecule has 0 spiro atoms. The number of nitrogens with zero attached hydrogens (tertiary/aromatic N) is 1. The molecule has 3 rings (SSSR count). The predicted molar refractivity (Wildman–Crippen MR) is 122 cm³/mol. The van der Waals surface area contributed by atoms with Crippen molar-refractivity contribution in [3.8, 4) is 17.2 Å². The second-order valence-corrected chi connectivity index (χ2v) is 7.95. The highest BCUT2D eigenvalue weighted by atomic mass is 19.1. The Morgan fingerprint density at radius 3 is 2.48 bits per heavy atom. The van der Waals surface area contributed by atoms with E-state index in [4.69, 9.17) is 14.2 Å². The second kappa shape index (κ2) is 12.7. The number of para-hydroxylation sites is 1. The molecule has 0 bridgehead atoms. The van der Waals surface area contributed by atoms with Crippen molar-refractivity contribution in [2.24, 2.45) is 0 Å². The summed E-state index contributed by atoms with van der Waals surface area (Å²) in [7, 11) is 0. The number of nitrogens with one attached hydrogen (secondary N) is 1. The molecule has 0 unspecified atom stereocenters. The van der Waals surface area contributed by atoms with Crippen LogP contribution in [0.15, 0.2) is 48.5 Å². The Balaban J connectivity index is 1.40. The van der Waals surface area contributed by atoms with E-state index >= 15 is 0 Å². The highest BCUT2D eigenvalue weighted by Crippen LogP contribution is 2.27. The number of ether oxygens (including phenoxy) is 3. The molecule has 1 fully saturated rings. The van der Waals surface area contributed by atoms with E-state index in [2.05, 4.69) is 12.2 Å². The van der Waals surface area contributed by atoms with E-state index in [1.165, 1.54) is 17.0 Å². The Kier molecular flexibility index (Phi) is 9.35. The lowest BCUT2D eigenvalue weighted by Gasteiger charge is -2.30. The molecule has 1 aliphatic rings. The summed E-state index contributed by atoms with van der Waals surface area (Å²) in [5.74, 6) is 0.0313. The molecule has 178 valence electrons. The molecular formula is C25H31FN2O5. The minimum absolute atomic E-state index is 0.166. The topological polar surface area (TPSA) is 77.1 Å². The summed E-state index contributed by atoms with van der Waals surface area (Å²) in [5.41, 5.74) is 0. The van der Waals surface area contributed by atoms with Crippen LogP contribution in [0.1, 0.15) is 45.4 Å². The van der Waals surface area contributed by atoms with Gasteiger partial charge < -0.3 is 24.4 Å². The van der Waals surface area contributed by atoms with Gasteiger partial charge >= 0.3 is 12.2 Å². The average molecular weight is 459 g/mol. The molecule has 1 aliphatic heterocycles. The van der Waals surface area contributed by atoms with Gasteiger partial charge in [-0.25, -0.2) is 14.0 Å². The lowest BCUT2D eigenvalue weighted by molar-refractivity contribution is 0.0522. The molecule has 2 aromatic rings. The van der Waals surface area contributed by atoms with Crippen LogP contribution in [0.3, 0.4) is 0 Å². The van der Waals surface area contributed by atoms with Crippen molar-refractivity contribution in [3.63, 3.8) is 0 Å². The normalized spacial score (nSPS) is 13.9. The lowest BCUT2D eigenvalue weighted by atomic mass is 10.1. The number of unbranched alkanes of at least 4 members (excludes halogenated alkanes) is 3. The summed E-state index contributed by atoms with van der Waals surface area (Å²) < 4.78 is 30.6. The van der Waals surface area contributed by atoms with Gasteiger partial charge in [0.15, 0.2) is 11.6 Å². The third-order valence-corrected chi connectivity index (χ3v) is 5.35. The standard InChI is InChI=1S/C25H31FN2O5/c1-2-3-4-8-15-27-24(29)32-20-13-16-28(17-14-20)25(30)33-23-12-11-21(18-22(23)26)31-19-9-6-5-7-10-19/h5-7,9-12,18,20H,2-4,8,13-17H2,1H3,(H,27,29). The van der Waals surface area contributed by atoms with Gasteiger partial charge in [-0.05, 0) is 30.7 Å². The van der Waals surface area contributed by atoms with E-state index in [1.54, 1.807) is 18.2 Å². The summed E-state index contributed by atoms with van der Waals surface area (Å²) >= 11 is 0. The number of carbonyl (C=O) groups is 2. The van der Waals surface area contributed by atoms with Crippen molar-refractivity contribution in [1.29, 1.82) is 0 Å². The Bertz CT molecular complexity index is 901. The quantitative estimate of drug-likeness (QED) is 0.474. The third-order valence-electron chi connectivity index (χ3n) is 5.35. The van der Waals surface area contributed by atoms with Gasteiger partial charge in [0.05, 0.1) is 0 Å². The molecule has 2 amide bonds. The average Bonchev–Trinajstić information content (AvgIpc) is 2.82. The molecular weight excluding hydrogens is 427 g/mol. The highest BCUT2D eigenvalue weighted by molar-refractivity contribution is 5.71. The zero-order valence-corrected chi connectivity index (χ0v) is 18.9. The fourth-order valence-corrected chi connectivity index (χ4v) is 3.50. The maximum absolute atomic E-state index is 14.4. The summed E-state index contributed by atoms with van der Waals surface area (Å²) in [6, 6.07) is 13.1. The number of halogens is 1. The number of amides is 2. The van der Waals surface area contributed by atoms with E-state index in [0.29, 0.717) is 44.0 Å². The minimum atomic E-state index is -0.689. The van der Waals surface area contributed by atoms with Crippen LogP contribution in [0.4, 0.5) is 14.0 Å². The number of alkyl carbamates (subject to hydrolysis) is 1. The number of benzene rings is 2. The van der Waals surface area contributed by atoms with Crippen molar-refractivity contribution in [2.75, 3.05) is 19.6 Å². The van der Waals surface area contributed by atoms with Crippen LogP contribution in [0.2, 0.25) is 0 Å². The maximum atomic E-state index is 14.4. The first kappa shape index (κ1) is 24.4. The van der Waals surface area contributed by atoms with E-state index in [0.717, 1.165) is 25.7 Å². The van der Waals surface area contributed by atoms with Crippen LogP contribution in [-0.4, -0.2) is 42.8 Å². The van der Waals surface area contributed by atoms with Crippen LogP contribution in [0.25, 0.3) is 0 Å². The fraction of sp³-hybridized carbons (Fsp3) is 0.440. The molecule has 8 heteroatoms. The molecule has 0 aromatic heterocycles. The van der Waals surface area contributed by atoms with Crippen LogP contribution in [0.5, 0.6) is 17.2 Å². The number of likely N-dealkylation sites (tertiary alicyclic amines) is 1. The molecule has 7 nitrogen and oxygen atoms in total. The summed E-state index contributed by atoms with van der Waals surface area (Å²) in [6.45, 7) is 3.47. The first-order chi connectivity index (χ1) is 16.0. The van der Waals surface area contributed by atoms with Gasteiger partial charge in [-0.2, -0.15) is 0 Å². The van der Waals surface area contributed by atoms with Gasteiger partial charge in [-0.1, -0.05) is 44.4 Å². The monoisotopic (exact) mass is 458 g/mol. The largest absolute Gasteiger partial charge is 0.457 e. The van der Waals surface area contributed by atoms with Crippen molar-refractivity contribution in [2.45, 2.75) is 51.6 Å². The fourth-order valence-electron chi connectivity index (χ4n) is 3.50. The van der Waals surface area contributed by atoms with E-state index < -0.39 is 18.0 Å². The first-order valence-electron chi connectivity index (χ1n) is 11.5. The van der Waals surface area contributed by atoms with Gasteiger partial charge in [0, 0.05) is 38.5 Å². The zero-order valence-electron chi connectivity index (χ0n) is 18.9. The third kappa shape index (κ3) is 7.97. The minimum Gasteiger partial charge on any atom is -0.457 e.